The van der Waals surface area contributed by atoms with Gasteiger partial charge in [0, 0.05) is 25.7 Å². The van der Waals surface area contributed by atoms with Crippen molar-refractivity contribution >= 4 is 0 Å². The van der Waals surface area contributed by atoms with Gasteiger partial charge in [-0.2, -0.15) is 0 Å². The molecule has 3 nitrogen and oxygen atoms in total. The normalized spacial score (nSPS) is 22.3. The zero-order chi connectivity index (χ0) is 13.4. The van der Waals surface area contributed by atoms with Crippen LogP contribution in [0.25, 0.3) is 0 Å². The Kier molecular flexibility index (Phi) is 7.20. The van der Waals surface area contributed by atoms with Gasteiger partial charge in [0.2, 0.25) is 0 Å². The van der Waals surface area contributed by atoms with Gasteiger partial charge in [-0.1, -0.05) is 20.3 Å². The minimum atomic E-state index is 0.332. The van der Waals surface area contributed by atoms with Gasteiger partial charge in [-0.05, 0) is 51.1 Å². The molecule has 108 valence electrons. The molecule has 0 amide bonds. The van der Waals surface area contributed by atoms with Crippen molar-refractivity contribution in [3.05, 3.63) is 0 Å². The van der Waals surface area contributed by atoms with Crippen LogP contribution in [0.4, 0.5) is 0 Å². The molecule has 0 aliphatic carbocycles. The lowest BCUT2D eigenvalue weighted by Gasteiger charge is -2.43. The standard InChI is InChI=1S/C15H32N2O/c1-4-15(5-2,12-16-3)13-17-10-7-6-8-14(17)9-11-18/h14,16,18H,4-13H2,1-3H3. The molecule has 1 unspecified atom stereocenters. The predicted molar refractivity (Wildman–Crippen MR) is 77.9 cm³/mol. The highest BCUT2D eigenvalue weighted by atomic mass is 16.3. The number of nitrogens with zero attached hydrogens (tertiary/aromatic N) is 1. The molecule has 0 aromatic heterocycles. The second-order valence-corrected chi connectivity index (χ2v) is 5.87. The highest BCUT2D eigenvalue weighted by molar-refractivity contribution is 4.86. The van der Waals surface area contributed by atoms with Crippen molar-refractivity contribution in [2.45, 2.75) is 58.4 Å². The first kappa shape index (κ1) is 15.9. The monoisotopic (exact) mass is 256 g/mol. The number of hydrogen-bond donors (Lipinski definition) is 2. The second-order valence-electron chi connectivity index (χ2n) is 5.87. The van der Waals surface area contributed by atoms with E-state index in [2.05, 4.69) is 31.1 Å². The molecule has 3 heteroatoms. The third-order valence-corrected chi connectivity index (χ3v) is 4.80. The molecular formula is C15H32N2O. The lowest BCUT2D eigenvalue weighted by molar-refractivity contribution is 0.0610. The van der Waals surface area contributed by atoms with Crippen molar-refractivity contribution in [2.75, 3.05) is 33.3 Å². The van der Waals surface area contributed by atoms with Crippen LogP contribution in [0.3, 0.4) is 0 Å². The zero-order valence-electron chi connectivity index (χ0n) is 12.5. The fourth-order valence-corrected chi connectivity index (χ4v) is 3.33. The molecule has 1 aliphatic rings. The first-order chi connectivity index (χ1) is 8.71. The van der Waals surface area contributed by atoms with Gasteiger partial charge in [0.1, 0.15) is 0 Å². The maximum atomic E-state index is 9.21. The number of likely N-dealkylation sites (tertiary alicyclic amines) is 1. The van der Waals surface area contributed by atoms with Gasteiger partial charge in [0.05, 0.1) is 0 Å². The Balaban J connectivity index is 2.64. The van der Waals surface area contributed by atoms with E-state index in [1.165, 1.54) is 45.2 Å². The summed E-state index contributed by atoms with van der Waals surface area (Å²) in [6.45, 7) is 8.46. The molecule has 0 saturated carbocycles. The Hall–Kier alpha value is -0.120. The second kappa shape index (κ2) is 8.13. The van der Waals surface area contributed by atoms with Gasteiger partial charge in [0.25, 0.3) is 0 Å². The maximum Gasteiger partial charge on any atom is 0.0445 e. The van der Waals surface area contributed by atoms with Crippen LogP contribution in [-0.2, 0) is 0 Å². The van der Waals surface area contributed by atoms with Crippen molar-refractivity contribution in [3.8, 4) is 0 Å². The van der Waals surface area contributed by atoms with Gasteiger partial charge in [-0.3, -0.25) is 4.90 Å². The Morgan fingerprint density at radius 2 is 2.00 bits per heavy atom. The number of aliphatic hydroxyl groups excluding tert-OH is 1. The molecular weight excluding hydrogens is 224 g/mol. The molecule has 1 rings (SSSR count). The summed E-state index contributed by atoms with van der Waals surface area (Å²) in [5.74, 6) is 0. The largest absolute Gasteiger partial charge is 0.396 e. The fraction of sp³-hybridized carbons (Fsp3) is 1.00. The van der Waals surface area contributed by atoms with Crippen molar-refractivity contribution in [1.82, 2.24) is 10.2 Å². The molecule has 0 bridgehead atoms. The molecule has 18 heavy (non-hydrogen) atoms. The van der Waals surface area contributed by atoms with Crippen molar-refractivity contribution in [3.63, 3.8) is 0 Å². The van der Waals surface area contributed by atoms with E-state index in [1.807, 2.05) is 0 Å². The number of piperidine rings is 1. The van der Waals surface area contributed by atoms with Gasteiger partial charge in [0.15, 0.2) is 0 Å². The Morgan fingerprint density at radius 1 is 1.28 bits per heavy atom. The lowest BCUT2D eigenvalue weighted by atomic mass is 9.80. The van der Waals surface area contributed by atoms with Crippen LogP contribution in [0.1, 0.15) is 52.4 Å². The minimum absolute atomic E-state index is 0.332. The Bertz CT molecular complexity index is 215. The number of nitrogens with one attached hydrogen (secondary N) is 1. The van der Waals surface area contributed by atoms with Gasteiger partial charge in [-0.25, -0.2) is 0 Å². The SMILES string of the molecule is CCC(CC)(CNC)CN1CCCCC1CCO. The van der Waals surface area contributed by atoms with E-state index in [9.17, 15) is 5.11 Å². The molecule has 0 spiro atoms. The molecule has 0 aromatic carbocycles. The highest BCUT2D eigenvalue weighted by Gasteiger charge is 2.32. The third-order valence-electron chi connectivity index (χ3n) is 4.80. The average Bonchev–Trinajstić information content (AvgIpc) is 2.40. The van der Waals surface area contributed by atoms with E-state index in [0.29, 0.717) is 18.1 Å². The van der Waals surface area contributed by atoms with E-state index >= 15 is 0 Å². The van der Waals surface area contributed by atoms with Crippen LogP contribution in [0, 0.1) is 5.41 Å². The molecule has 1 fully saturated rings. The molecule has 1 heterocycles. The summed E-state index contributed by atoms with van der Waals surface area (Å²) in [6.07, 6.45) is 7.33. The zero-order valence-corrected chi connectivity index (χ0v) is 12.5. The molecule has 1 saturated heterocycles. The summed E-state index contributed by atoms with van der Waals surface area (Å²) in [7, 11) is 2.06. The summed E-state index contributed by atoms with van der Waals surface area (Å²) in [4.78, 5) is 2.64. The average molecular weight is 256 g/mol. The predicted octanol–water partition coefficient (Wildman–Crippen LogP) is 2.25. The summed E-state index contributed by atoms with van der Waals surface area (Å²) >= 11 is 0. The lowest BCUT2D eigenvalue weighted by Crippen LogP contribution is -2.49. The first-order valence-electron chi connectivity index (χ1n) is 7.71. The highest BCUT2D eigenvalue weighted by Crippen LogP contribution is 2.30. The maximum absolute atomic E-state index is 9.21. The molecule has 0 radical (unpaired) electrons. The van der Waals surface area contributed by atoms with Crippen molar-refractivity contribution < 1.29 is 5.11 Å². The van der Waals surface area contributed by atoms with E-state index < -0.39 is 0 Å². The molecule has 2 N–H and O–H groups in total. The Labute approximate surface area is 113 Å². The van der Waals surface area contributed by atoms with Gasteiger partial charge in [-0.15, -0.1) is 0 Å². The number of hydrogen-bond acceptors (Lipinski definition) is 3. The van der Waals surface area contributed by atoms with E-state index in [1.54, 1.807) is 0 Å². The van der Waals surface area contributed by atoms with Crippen molar-refractivity contribution in [2.24, 2.45) is 5.41 Å². The van der Waals surface area contributed by atoms with E-state index in [4.69, 9.17) is 0 Å². The van der Waals surface area contributed by atoms with Crippen LogP contribution in [0.15, 0.2) is 0 Å². The minimum Gasteiger partial charge on any atom is -0.396 e. The summed E-state index contributed by atoms with van der Waals surface area (Å²) < 4.78 is 0. The summed E-state index contributed by atoms with van der Waals surface area (Å²) in [5.41, 5.74) is 0.403. The molecule has 1 aliphatic heterocycles. The quantitative estimate of drug-likeness (QED) is 0.699. The number of rotatable bonds is 8. The van der Waals surface area contributed by atoms with Crippen LogP contribution in [-0.4, -0.2) is 49.3 Å². The van der Waals surface area contributed by atoms with E-state index in [-0.39, 0.29) is 0 Å². The van der Waals surface area contributed by atoms with E-state index in [0.717, 1.165) is 13.0 Å². The third kappa shape index (κ3) is 4.22. The van der Waals surface area contributed by atoms with Crippen LogP contribution < -0.4 is 5.32 Å². The molecule has 1 atom stereocenters. The topological polar surface area (TPSA) is 35.5 Å². The Morgan fingerprint density at radius 3 is 2.56 bits per heavy atom. The van der Waals surface area contributed by atoms with Crippen LogP contribution in [0.5, 0.6) is 0 Å². The van der Waals surface area contributed by atoms with Crippen LogP contribution >= 0.6 is 0 Å². The summed E-state index contributed by atoms with van der Waals surface area (Å²) in [6, 6.07) is 0.609. The van der Waals surface area contributed by atoms with Gasteiger partial charge < -0.3 is 10.4 Å². The van der Waals surface area contributed by atoms with Gasteiger partial charge >= 0.3 is 0 Å². The first-order valence-corrected chi connectivity index (χ1v) is 7.71. The summed E-state index contributed by atoms with van der Waals surface area (Å²) in [5, 5.41) is 12.6. The smallest absolute Gasteiger partial charge is 0.0445 e. The van der Waals surface area contributed by atoms with Crippen molar-refractivity contribution in [1.29, 1.82) is 0 Å². The molecule has 0 aromatic rings. The fourth-order valence-electron chi connectivity index (χ4n) is 3.33. The van der Waals surface area contributed by atoms with Crippen LogP contribution in [0.2, 0.25) is 0 Å². The number of aliphatic hydroxyl groups is 1.